The topological polar surface area (TPSA) is 91.5 Å². The molecule has 1 saturated heterocycles. The van der Waals surface area contributed by atoms with Gasteiger partial charge in [-0.25, -0.2) is 8.78 Å². The molecule has 1 unspecified atom stereocenters. The number of fused-ring (bicyclic) bond motifs is 1. The van der Waals surface area contributed by atoms with E-state index in [4.69, 9.17) is 9.47 Å². The predicted molar refractivity (Wildman–Crippen MR) is 139 cm³/mol. The molecule has 1 aromatic heterocycles. The number of H-pyrrole nitrogens is 1. The van der Waals surface area contributed by atoms with Gasteiger partial charge in [0.15, 0.2) is 29.0 Å². The Morgan fingerprint density at radius 1 is 1.05 bits per heavy atom. The number of ether oxygens (including phenoxy) is 2. The van der Waals surface area contributed by atoms with Crippen molar-refractivity contribution in [1.82, 2.24) is 15.5 Å². The first-order valence-corrected chi connectivity index (χ1v) is 11.9. The van der Waals surface area contributed by atoms with Gasteiger partial charge in [0, 0.05) is 48.4 Å². The third-order valence-electron chi connectivity index (χ3n) is 6.52. The molecule has 2 heterocycles. The van der Waals surface area contributed by atoms with Crippen molar-refractivity contribution in [3.05, 3.63) is 65.7 Å². The van der Waals surface area contributed by atoms with E-state index < -0.39 is 11.6 Å². The van der Waals surface area contributed by atoms with E-state index in [1.165, 1.54) is 14.2 Å². The maximum Gasteiger partial charge on any atom is 0.256 e. The van der Waals surface area contributed by atoms with Crippen LogP contribution in [0.1, 0.15) is 17.3 Å². The summed E-state index contributed by atoms with van der Waals surface area (Å²) in [6.07, 6.45) is 0. The maximum atomic E-state index is 15.0. The van der Waals surface area contributed by atoms with Crippen LogP contribution in [0.4, 0.5) is 20.3 Å². The van der Waals surface area contributed by atoms with Crippen LogP contribution in [0.25, 0.3) is 22.0 Å². The number of benzene rings is 3. The number of rotatable bonds is 6. The summed E-state index contributed by atoms with van der Waals surface area (Å²) in [4.78, 5) is 15.2. The number of halogens is 2. The Bertz CT molecular complexity index is 1430. The van der Waals surface area contributed by atoms with Gasteiger partial charge in [-0.1, -0.05) is 6.07 Å². The lowest BCUT2D eigenvalue weighted by Crippen LogP contribution is -2.49. The Labute approximate surface area is 212 Å². The Morgan fingerprint density at radius 3 is 2.41 bits per heavy atom. The predicted octanol–water partition coefficient (Wildman–Crippen LogP) is 4.58. The van der Waals surface area contributed by atoms with E-state index in [2.05, 4.69) is 32.7 Å². The van der Waals surface area contributed by atoms with Crippen LogP contribution in [0.15, 0.2) is 48.5 Å². The smallest absolute Gasteiger partial charge is 0.256 e. The maximum absolute atomic E-state index is 15.0. The molecule has 1 atom stereocenters. The molecule has 0 bridgehead atoms. The van der Waals surface area contributed by atoms with Gasteiger partial charge >= 0.3 is 0 Å². The number of anilines is 2. The average Bonchev–Trinajstić information content (AvgIpc) is 3.31. The van der Waals surface area contributed by atoms with Crippen molar-refractivity contribution in [1.29, 1.82) is 0 Å². The molecular formula is C27H27F2N5O3. The van der Waals surface area contributed by atoms with Crippen molar-refractivity contribution in [3.8, 4) is 22.6 Å². The second-order valence-electron chi connectivity index (χ2n) is 8.92. The lowest BCUT2D eigenvalue weighted by molar-refractivity contribution is 0.102. The molecule has 10 heteroatoms. The molecule has 3 N–H and O–H groups in total. The van der Waals surface area contributed by atoms with Gasteiger partial charge in [0.25, 0.3) is 5.91 Å². The number of hydrogen-bond donors (Lipinski definition) is 3. The van der Waals surface area contributed by atoms with Crippen molar-refractivity contribution in [3.63, 3.8) is 0 Å². The Hall–Kier alpha value is -4.18. The van der Waals surface area contributed by atoms with Crippen molar-refractivity contribution in [2.45, 2.75) is 13.0 Å². The van der Waals surface area contributed by atoms with Crippen LogP contribution >= 0.6 is 0 Å². The molecule has 3 aromatic carbocycles. The molecule has 0 saturated carbocycles. The Morgan fingerprint density at radius 2 is 1.76 bits per heavy atom. The molecular weight excluding hydrogens is 480 g/mol. The van der Waals surface area contributed by atoms with Gasteiger partial charge in [-0.3, -0.25) is 9.89 Å². The van der Waals surface area contributed by atoms with Gasteiger partial charge in [-0.2, -0.15) is 5.10 Å². The number of nitrogens with zero attached hydrogens (tertiary/aromatic N) is 2. The highest BCUT2D eigenvalue weighted by Crippen LogP contribution is 2.38. The largest absolute Gasteiger partial charge is 0.494 e. The van der Waals surface area contributed by atoms with Crippen molar-refractivity contribution in [2.75, 3.05) is 44.1 Å². The van der Waals surface area contributed by atoms with Crippen molar-refractivity contribution >= 4 is 28.3 Å². The normalized spacial score (nSPS) is 15.6. The zero-order chi connectivity index (χ0) is 26.1. The molecule has 1 fully saturated rings. The third kappa shape index (κ3) is 4.67. The van der Waals surface area contributed by atoms with E-state index >= 15 is 0 Å². The first kappa shape index (κ1) is 24.5. The molecule has 4 aromatic rings. The molecule has 37 heavy (non-hydrogen) atoms. The Balaban J connectivity index is 1.38. The van der Waals surface area contributed by atoms with Gasteiger partial charge < -0.3 is 25.0 Å². The summed E-state index contributed by atoms with van der Waals surface area (Å²) in [5, 5.41) is 13.8. The fourth-order valence-corrected chi connectivity index (χ4v) is 4.58. The second kappa shape index (κ2) is 10.1. The quantitative estimate of drug-likeness (QED) is 0.354. The first-order valence-electron chi connectivity index (χ1n) is 11.9. The number of carbonyl (C=O) groups excluding carboxylic acids is 1. The highest BCUT2D eigenvalue weighted by atomic mass is 19.1. The Kier molecular flexibility index (Phi) is 6.66. The summed E-state index contributed by atoms with van der Waals surface area (Å²) < 4.78 is 40.0. The number of nitrogens with one attached hydrogen (secondary N) is 3. The molecule has 0 radical (unpaired) electrons. The van der Waals surface area contributed by atoms with Crippen LogP contribution in [-0.4, -0.2) is 56.0 Å². The minimum absolute atomic E-state index is 0.136. The summed E-state index contributed by atoms with van der Waals surface area (Å²) in [7, 11) is 2.59. The number of hydrogen-bond acceptors (Lipinski definition) is 6. The van der Waals surface area contributed by atoms with Crippen LogP contribution in [0, 0.1) is 11.6 Å². The lowest BCUT2D eigenvalue weighted by Gasteiger charge is -2.33. The minimum atomic E-state index is -0.841. The molecule has 5 rings (SSSR count). The minimum Gasteiger partial charge on any atom is -0.494 e. The second-order valence-corrected chi connectivity index (χ2v) is 8.92. The van der Waals surface area contributed by atoms with Crippen LogP contribution in [0.3, 0.4) is 0 Å². The standard InChI is InChI=1S/C27H27F2N5O3/c1-15-14-34(11-10-30-15)18-7-4-16(5-8-18)27(35)31-26-19-9-6-17(12-20(19)32-33-26)23-24(28)21(36-2)13-22(37-3)25(23)29/h4-9,12-13,15,30H,10-11,14H2,1-3H3,(H2,31,32,33,35). The van der Waals surface area contributed by atoms with E-state index in [0.717, 1.165) is 31.4 Å². The van der Waals surface area contributed by atoms with Crippen LogP contribution in [-0.2, 0) is 0 Å². The summed E-state index contributed by atoms with van der Waals surface area (Å²) in [5.41, 5.74) is 2.04. The number of amides is 1. The fraction of sp³-hybridized carbons (Fsp3) is 0.259. The zero-order valence-electron chi connectivity index (χ0n) is 20.7. The number of carbonyl (C=O) groups is 1. The van der Waals surface area contributed by atoms with Gasteiger partial charge in [0.05, 0.1) is 25.3 Å². The fourth-order valence-electron chi connectivity index (χ4n) is 4.58. The highest BCUT2D eigenvalue weighted by molar-refractivity contribution is 6.08. The summed E-state index contributed by atoms with van der Waals surface area (Å²) in [5.74, 6) is -1.95. The van der Waals surface area contributed by atoms with E-state index in [0.29, 0.717) is 28.3 Å². The van der Waals surface area contributed by atoms with E-state index in [9.17, 15) is 13.6 Å². The van der Waals surface area contributed by atoms with E-state index in [-0.39, 0.29) is 28.5 Å². The van der Waals surface area contributed by atoms with Gasteiger partial charge in [0.1, 0.15) is 0 Å². The van der Waals surface area contributed by atoms with E-state index in [1.807, 2.05) is 12.1 Å². The zero-order valence-corrected chi connectivity index (χ0v) is 20.7. The van der Waals surface area contributed by atoms with Crippen molar-refractivity contribution in [2.24, 2.45) is 0 Å². The number of methoxy groups -OCH3 is 2. The molecule has 1 amide bonds. The summed E-state index contributed by atoms with van der Waals surface area (Å²) in [6.45, 7) is 4.88. The molecule has 1 aliphatic rings. The van der Waals surface area contributed by atoms with E-state index in [1.54, 1.807) is 30.3 Å². The van der Waals surface area contributed by atoms with Gasteiger partial charge in [-0.15, -0.1) is 0 Å². The lowest BCUT2D eigenvalue weighted by atomic mass is 10.0. The van der Waals surface area contributed by atoms with Crippen molar-refractivity contribution < 1.29 is 23.0 Å². The molecule has 8 nitrogen and oxygen atoms in total. The summed E-state index contributed by atoms with van der Waals surface area (Å²) in [6, 6.07) is 13.8. The van der Waals surface area contributed by atoms with Crippen LogP contribution < -0.4 is 25.0 Å². The van der Waals surface area contributed by atoms with Gasteiger partial charge in [-0.05, 0) is 48.9 Å². The molecule has 1 aliphatic heterocycles. The number of aromatic amines is 1. The summed E-state index contributed by atoms with van der Waals surface area (Å²) >= 11 is 0. The number of aromatic nitrogens is 2. The molecule has 0 aliphatic carbocycles. The highest BCUT2D eigenvalue weighted by Gasteiger charge is 2.22. The van der Waals surface area contributed by atoms with Gasteiger partial charge in [0.2, 0.25) is 0 Å². The SMILES string of the molecule is COc1cc(OC)c(F)c(-c2ccc3c(NC(=O)c4ccc(N5CCNC(C)C5)cc4)n[nH]c3c2)c1F. The monoisotopic (exact) mass is 507 g/mol. The van der Waals surface area contributed by atoms with Crippen LogP contribution in [0.5, 0.6) is 11.5 Å². The molecule has 0 spiro atoms. The third-order valence-corrected chi connectivity index (χ3v) is 6.52. The average molecular weight is 508 g/mol. The number of piperazine rings is 1. The molecule has 192 valence electrons. The van der Waals surface area contributed by atoms with Crippen LogP contribution in [0.2, 0.25) is 0 Å². The first-order chi connectivity index (χ1) is 17.9.